The fourth-order valence-electron chi connectivity index (χ4n) is 1.97. The lowest BCUT2D eigenvalue weighted by molar-refractivity contribution is 0.457. The van der Waals surface area contributed by atoms with Gasteiger partial charge in [-0.3, -0.25) is 4.98 Å². The van der Waals surface area contributed by atoms with Gasteiger partial charge in [0.25, 0.3) is 0 Å². The third-order valence-corrected chi connectivity index (χ3v) is 2.81. The van der Waals surface area contributed by atoms with E-state index in [1.807, 2.05) is 13.0 Å². The van der Waals surface area contributed by atoms with Gasteiger partial charge in [-0.15, -0.1) is 0 Å². The van der Waals surface area contributed by atoms with Gasteiger partial charge in [0.05, 0.1) is 6.20 Å². The third-order valence-electron chi connectivity index (χ3n) is 2.81. The monoisotopic (exact) mass is 212 g/mol. The molecule has 0 N–H and O–H groups in total. The SMILES string of the molecule is Cc1cc2c(cn1)Oc1ncccc1CC2. The molecule has 1 aliphatic rings. The van der Waals surface area contributed by atoms with E-state index in [4.69, 9.17) is 4.74 Å². The van der Waals surface area contributed by atoms with Gasteiger partial charge >= 0.3 is 0 Å². The number of nitrogens with zero attached hydrogens (tertiary/aromatic N) is 2. The van der Waals surface area contributed by atoms with Crippen LogP contribution < -0.4 is 4.74 Å². The van der Waals surface area contributed by atoms with Crippen molar-refractivity contribution in [1.29, 1.82) is 0 Å². The first-order chi connectivity index (χ1) is 7.83. The minimum atomic E-state index is 0.715. The van der Waals surface area contributed by atoms with Crippen LogP contribution in [-0.4, -0.2) is 9.97 Å². The summed E-state index contributed by atoms with van der Waals surface area (Å²) in [5.74, 6) is 1.55. The van der Waals surface area contributed by atoms with E-state index < -0.39 is 0 Å². The summed E-state index contributed by atoms with van der Waals surface area (Å²) in [6, 6.07) is 6.09. The van der Waals surface area contributed by atoms with Gasteiger partial charge in [-0.05, 0) is 37.5 Å². The highest BCUT2D eigenvalue weighted by molar-refractivity contribution is 5.41. The lowest BCUT2D eigenvalue weighted by atomic mass is 10.1. The predicted octanol–water partition coefficient (Wildman–Crippen LogP) is 2.68. The topological polar surface area (TPSA) is 35.0 Å². The van der Waals surface area contributed by atoms with Crippen LogP contribution in [0.3, 0.4) is 0 Å². The molecule has 0 saturated heterocycles. The van der Waals surface area contributed by atoms with Crippen LogP contribution in [-0.2, 0) is 12.8 Å². The van der Waals surface area contributed by atoms with Gasteiger partial charge in [0, 0.05) is 17.5 Å². The molecular weight excluding hydrogens is 200 g/mol. The van der Waals surface area contributed by atoms with Crippen LogP contribution in [0.2, 0.25) is 0 Å². The number of ether oxygens (including phenoxy) is 1. The van der Waals surface area contributed by atoms with E-state index in [0.717, 1.165) is 29.8 Å². The molecule has 3 heterocycles. The van der Waals surface area contributed by atoms with E-state index in [1.165, 1.54) is 5.56 Å². The Hall–Kier alpha value is -1.90. The van der Waals surface area contributed by atoms with Crippen LogP contribution in [0.5, 0.6) is 11.6 Å². The average molecular weight is 212 g/mol. The summed E-state index contributed by atoms with van der Waals surface area (Å²) in [5, 5.41) is 0. The van der Waals surface area contributed by atoms with Gasteiger partial charge in [0.15, 0.2) is 5.75 Å². The molecule has 80 valence electrons. The molecule has 0 amide bonds. The maximum atomic E-state index is 5.78. The zero-order valence-corrected chi connectivity index (χ0v) is 9.10. The lowest BCUT2D eigenvalue weighted by Crippen LogP contribution is -1.92. The Morgan fingerprint density at radius 3 is 3.00 bits per heavy atom. The van der Waals surface area contributed by atoms with Crippen LogP contribution in [0.15, 0.2) is 30.6 Å². The van der Waals surface area contributed by atoms with E-state index in [-0.39, 0.29) is 0 Å². The van der Waals surface area contributed by atoms with Gasteiger partial charge in [0.1, 0.15) is 0 Å². The van der Waals surface area contributed by atoms with Crippen molar-refractivity contribution in [2.45, 2.75) is 19.8 Å². The van der Waals surface area contributed by atoms with Crippen LogP contribution >= 0.6 is 0 Å². The van der Waals surface area contributed by atoms with Gasteiger partial charge in [-0.1, -0.05) is 6.07 Å². The second-order valence-electron chi connectivity index (χ2n) is 4.00. The number of hydrogen-bond donors (Lipinski definition) is 0. The van der Waals surface area contributed by atoms with Gasteiger partial charge in [-0.25, -0.2) is 4.98 Å². The fraction of sp³-hybridized carbons (Fsp3) is 0.231. The summed E-state index contributed by atoms with van der Waals surface area (Å²) >= 11 is 0. The first-order valence-electron chi connectivity index (χ1n) is 5.40. The zero-order chi connectivity index (χ0) is 11.0. The number of fused-ring (bicyclic) bond motifs is 2. The van der Waals surface area contributed by atoms with E-state index in [9.17, 15) is 0 Å². The lowest BCUT2D eigenvalue weighted by Gasteiger charge is -2.06. The molecule has 0 radical (unpaired) electrons. The molecule has 0 unspecified atom stereocenters. The highest BCUT2D eigenvalue weighted by Crippen LogP contribution is 2.31. The van der Waals surface area contributed by atoms with Crippen molar-refractivity contribution in [2.24, 2.45) is 0 Å². The van der Waals surface area contributed by atoms with Crippen LogP contribution in [0.25, 0.3) is 0 Å². The minimum absolute atomic E-state index is 0.715. The highest BCUT2D eigenvalue weighted by atomic mass is 16.5. The van der Waals surface area contributed by atoms with Crippen molar-refractivity contribution < 1.29 is 4.74 Å². The molecule has 3 rings (SSSR count). The summed E-state index contributed by atoms with van der Waals surface area (Å²) in [7, 11) is 0. The zero-order valence-electron chi connectivity index (χ0n) is 9.10. The summed E-state index contributed by atoms with van der Waals surface area (Å²) in [4.78, 5) is 8.50. The molecule has 3 heteroatoms. The second-order valence-corrected chi connectivity index (χ2v) is 4.00. The molecule has 0 aromatic carbocycles. The highest BCUT2D eigenvalue weighted by Gasteiger charge is 2.15. The van der Waals surface area contributed by atoms with E-state index in [1.54, 1.807) is 12.4 Å². The summed E-state index contributed by atoms with van der Waals surface area (Å²) in [5.41, 5.74) is 3.41. The Labute approximate surface area is 94.1 Å². The Bertz CT molecular complexity index is 537. The van der Waals surface area contributed by atoms with E-state index in [0.29, 0.717) is 5.88 Å². The molecule has 0 fully saturated rings. The molecule has 16 heavy (non-hydrogen) atoms. The maximum absolute atomic E-state index is 5.78. The number of pyridine rings is 2. The van der Waals surface area contributed by atoms with Crippen molar-refractivity contribution in [3.8, 4) is 11.6 Å². The normalized spacial score (nSPS) is 13.3. The Morgan fingerprint density at radius 1 is 1.19 bits per heavy atom. The van der Waals surface area contributed by atoms with Crippen LogP contribution in [0, 0.1) is 6.92 Å². The molecule has 0 aliphatic carbocycles. The van der Waals surface area contributed by atoms with Crippen molar-refractivity contribution in [3.05, 3.63) is 47.4 Å². The van der Waals surface area contributed by atoms with Crippen molar-refractivity contribution >= 4 is 0 Å². The van der Waals surface area contributed by atoms with Gasteiger partial charge < -0.3 is 4.74 Å². The molecule has 0 bridgehead atoms. The predicted molar refractivity (Wildman–Crippen MR) is 60.7 cm³/mol. The number of rotatable bonds is 0. The summed E-state index contributed by atoms with van der Waals surface area (Å²) in [6.45, 7) is 2.00. The molecule has 1 aliphatic heterocycles. The van der Waals surface area contributed by atoms with Crippen LogP contribution in [0.4, 0.5) is 0 Å². The average Bonchev–Trinajstić information content (AvgIpc) is 2.48. The first-order valence-corrected chi connectivity index (χ1v) is 5.40. The van der Waals surface area contributed by atoms with Crippen molar-refractivity contribution in [1.82, 2.24) is 9.97 Å². The smallest absolute Gasteiger partial charge is 0.222 e. The van der Waals surface area contributed by atoms with Crippen molar-refractivity contribution in [2.75, 3.05) is 0 Å². The fourth-order valence-corrected chi connectivity index (χ4v) is 1.97. The van der Waals surface area contributed by atoms with Crippen LogP contribution in [0.1, 0.15) is 16.8 Å². The van der Waals surface area contributed by atoms with Crippen molar-refractivity contribution in [3.63, 3.8) is 0 Å². The molecule has 0 spiro atoms. The first kappa shape index (κ1) is 9.33. The molecular formula is C13H12N2O. The summed E-state index contributed by atoms with van der Waals surface area (Å²) in [6.07, 6.45) is 5.50. The standard InChI is InChI=1S/C13H12N2O/c1-9-7-11-5-4-10-3-2-6-14-13(10)16-12(11)8-15-9/h2-3,6-8H,4-5H2,1H3. The molecule has 3 nitrogen and oxygen atoms in total. The number of hydrogen-bond acceptors (Lipinski definition) is 3. The largest absolute Gasteiger partial charge is 0.437 e. The van der Waals surface area contributed by atoms with E-state index in [2.05, 4.69) is 22.1 Å². The molecule has 2 aromatic rings. The molecule has 0 atom stereocenters. The Kier molecular flexibility index (Phi) is 2.10. The quantitative estimate of drug-likeness (QED) is 0.673. The van der Waals surface area contributed by atoms with Gasteiger partial charge in [0.2, 0.25) is 5.88 Å². The Balaban J connectivity index is 2.08. The maximum Gasteiger partial charge on any atom is 0.222 e. The van der Waals surface area contributed by atoms with E-state index >= 15 is 0 Å². The number of aromatic nitrogens is 2. The third kappa shape index (κ3) is 1.54. The molecule has 2 aromatic heterocycles. The number of aryl methyl sites for hydroxylation is 3. The second kappa shape index (κ2) is 3.59. The minimum Gasteiger partial charge on any atom is -0.437 e. The summed E-state index contributed by atoms with van der Waals surface area (Å²) < 4.78 is 5.78. The van der Waals surface area contributed by atoms with Gasteiger partial charge in [-0.2, -0.15) is 0 Å². The molecule has 0 saturated carbocycles. The Morgan fingerprint density at radius 2 is 2.06 bits per heavy atom.